The zero-order valence-electron chi connectivity index (χ0n) is 34.7. The molecule has 324 valence electrons. The molecule has 0 radical (unpaired) electrons. The van der Waals surface area contributed by atoms with E-state index in [4.69, 9.17) is 34.9 Å². The van der Waals surface area contributed by atoms with Crippen molar-refractivity contribution < 1.29 is 43.0 Å². The molecular weight excluding hydrogens is 1050 g/mol. The van der Waals surface area contributed by atoms with Crippen LogP contribution < -0.4 is 9.97 Å². The van der Waals surface area contributed by atoms with Crippen LogP contribution in [0.3, 0.4) is 0 Å². The topological polar surface area (TPSA) is 92.7 Å². The standard InChI is InChI=1S/C55H24F5N7.Pt/c56-43-41(44(57)46(59)47(60)45(43)58)42-48-33-17-25-9-1-3-11-27(25)19-35(33)50(61-48)63-52-37-21-29-13-5-7-15-31(29)23-39(37)54(65-52)67-55-40-24-32-16-8-6-14-30(32)22-38(40)53(66-55)64-51-36-20-28-12-4-2-10-26(28)18-34(36)49(42)62-51;/h1-24H;/q-2;+2. The van der Waals surface area contributed by atoms with Crippen molar-refractivity contribution in [2.24, 2.45) is 0 Å². The molecule has 2 aliphatic heterocycles. The normalized spacial score (nSPS) is 12.1. The van der Waals surface area contributed by atoms with Gasteiger partial charge in [-0.05, 0) is 124 Å². The van der Waals surface area contributed by atoms with Crippen molar-refractivity contribution in [1.29, 1.82) is 0 Å². The van der Waals surface area contributed by atoms with Crippen molar-refractivity contribution >= 4 is 87.1 Å². The van der Waals surface area contributed by atoms with E-state index in [0.29, 0.717) is 55.3 Å². The van der Waals surface area contributed by atoms with E-state index in [9.17, 15) is 4.39 Å². The first kappa shape index (κ1) is 40.1. The van der Waals surface area contributed by atoms with Gasteiger partial charge in [-0.2, -0.15) is 0 Å². The van der Waals surface area contributed by atoms with Crippen LogP contribution in [0.2, 0.25) is 0 Å². The second kappa shape index (κ2) is 14.6. The summed E-state index contributed by atoms with van der Waals surface area (Å²) in [6, 6.07) is 45.7. The third kappa shape index (κ3) is 5.77. The molecule has 14 rings (SSSR count). The van der Waals surface area contributed by atoms with E-state index in [1.165, 1.54) is 0 Å². The Kier molecular flexibility index (Phi) is 8.63. The fourth-order valence-electron chi connectivity index (χ4n) is 9.72. The van der Waals surface area contributed by atoms with Gasteiger partial charge >= 0.3 is 21.1 Å². The molecule has 0 aliphatic carbocycles. The van der Waals surface area contributed by atoms with Crippen molar-refractivity contribution in [2.75, 3.05) is 0 Å². The predicted molar refractivity (Wildman–Crippen MR) is 251 cm³/mol. The van der Waals surface area contributed by atoms with Crippen LogP contribution in [0.1, 0.15) is 0 Å². The molecule has 5 heterocycles. The van der Waals surface area contributed by atoms with Crippen LogP contribution in [0, 0.1) is 29.1 Å². The van der Waals surface area contributed by atoms with Crippen molar-refractivity contribution in [2.45, 2.75) is 0 Å². The van der Waals surface area contributed by atoms with Gasteiger partial charge in [0.05, 0.1) is 28.7 Å². The smallest absolute Gasteiger partial charge is 0.435 e. The molecule has 68 heavy (non-hydrogen) atoms. The van der Waals surface area contributed by atoms with Crippen LogP contribution in [0.4, 0.5) is 22.0 Å². The molecule has 0 fully saturated rings. The van der Waals surface area contributed by atoms with Gasteiger partial charge in [0.1, 0.15) is 0 Å². The summed E-state index contributed by atoms with van der Waals surface area (Å²) in [5.41, 5.74) is 0.817. The van der Waals surface area contributed by atoms with Crippen LogP contribution in [0.25, 0.3) is 144 Å². The summed E-state index contributed by atoms with van der Waals surface area (Å²) in [6.07, 6.45) is 0. The Morgan fingerprint density at radius 3 is 1.07 bits per heavy atom. The quantitative estimate of drug-likeness (QED) is 0.0918. The molecule has 0 N–H and O–H groups in total. The van der Waals surface area contributed by atoms with Crippen LogP contribution in [0.15, 0.2) is 146 Å². The van der Waals surface area contributed by atoms with Gasteiger partial charge in [-0.25, -0.2) is 31.9 Å². The van der Waals surface area contributed by atoms with Crippen molar-refractivity contribution in [1.82, 2.24) is 34.9 Å². The summed E-state index contributed by atoms with van der Waals surface area (Å²) in [5.74, 6) is -9.98. The molecule has 13 heteroatoms. The number of hydrogen-bond donors (Lipinski definition) is 0. The molecular formula is C55H24F5N7Pt. The number of aromatic nitrogens is 7. The summed E-state index contributed by atoms with van der Waals surface area (Å²) >= 11 is 0. The number of benzene rings is 9. The first-order valence-electron chi connectivity index (χ1n) is 21.3. The Hall–Kier alpha value is -8.21. The van der Waals surface area contributed by atoms with Gasteiger partial charge in [0.2, 0.25) is 5.82 Å². The monoisotopic (exact) mass is 1070 g/mol. The number of rotatable bonds is 1. The average Bonchev–Trinajstić information content (AvgIpc) is 4.08. The zero-order chi connectivity index (χ0) is 44.8. The van der Waals surface area contributed by atoms with E-state index in [1.807, 2.05) is 133 Å². The van der Waals surface area contributed by atoms with E-state index in [-0.39, 0.29) is 55.2 Å². The van der Waals surface area contributed by atoms with E-state index >= 15 is 17.6 Å². The van der Waals surface area contributed by atoms with Gasteiger partial charge in [-0.15, -0.1) is 0 Å². The van der Waals surface area contributed by atoms with Gasteiger partial charge in [0, 0.05) is 39.1 Å². The summed E-state index contributed by atoms with van der Waals surface area (Å²) in [4.78, 5) is 35.6. The van der Waals surface area contributed by atoms with E-state index in [0.717, 1.165) is 43.1 Å². The molecule has 9 aromatic carbocycles. The minimum absolute atomic E-state index is 0. The maximum Gasteiger partial charge on any atom is 2.00 e. The van der Waals surface area contributed by atoms with Crippen LogP contribution >= 0.6 is 0 Å². The van der Waals surface area contributed by atoms with Crippen molar-refractivity contribution in [3.05, 3.63) is 175 Å². The molecule has 0 unspecified atom stereocenters. The van der Waals surface area contributed by atoms with E-state index in [2.05, 4.69) is 0 Å². The van der Waals surface area contributed by atoms with E-state index in [1.54, 1.807) is 12.1 Å². The third-order valence-corrected chi connectivity index (χ3v) is 12.9. The minimum Gasteiger partial charge on any atom is -0.435 e. The first-order chi connectivity index (χ1) is 32.7. The predicted octanol–water partition coefficient (Wildman–Crippen LogP) is 13.7. The Morgan fingerprint density at radius 1 is 0.309 bits per heavy atom. The van der Waals surface area contributed by atoms with Crippen LogP contribution in [-0.4, -0.2) is 24.9 Å². The average molecular weight is 1070 g/mol. The molecule has 0 atom stereocenters. The zero-order valence-corrected chi connectivity index (χ0v) is 37.0. The molecule has 8 bridgehead atoms. The van der Waals surface area contributed by atoms with Gasteiger partial charge in [-0.3, -0.25) is 0 Å². The molecule has 0 amide bonds. The summed E-state index contributed by atoms with van der Waals surface area (Å²) in [7, 11) is 0. The fraction of sp³-hybridized carbons (Fsp3) is 0. The Bertz CT molecular complexity index is 4400. The fourth-order valence-corrected chi connectivity index (χ4v) is 9.72. The Balaban J connectivity index is 0.00000457. The van der Waals surface area contributed by atoms with Gasteiger partial charge in [-0.1, -0.05) is 97.1 Å². The number of halogens is 5. The van der Waals surface area contributed by atoms with Crippen molar-refractivity contribution in [3.63, 3.8) is 0 Å². The maximum atomic E-state index is 16.7. The second-order valence-electron chi connectivity index (χ2n) is 16.7. The van der Waals surface area contributed by atoms with Crippen LogP contribution in [-0.2, 0) is 21.1 Å². The first-order valence-corrected chi connectivity index (χ1v) is 21.3. The van der Waals surface area contributed by atoms with Crippen LogP contribution in [0.5, 0.6) is 0 Å². The summed E-state index contributed by atoms with van der Waals surface area (Å²) in [6.45, 7) is 0. The Morgan fingerprint density at radius 2 is 0.632 bits per heavy atom. The number of nitrogens with zero attached hydrogens (tertiary/aromatic N) is 7. The summed E-state index contributed by atoms with van der Waals surface area (Å²) < 4.78 is 79.8. The minimum atomic E-state index is -2.29. The van der Waals surface area contributed by atoms with Gasteiger partial charge in [0.25, 0.3) is 0 Å². The molecule has 7 nitrogen and oxygen atoms in total. The molecule has 12 aromatic rings. The second-order valence-corrected chi connectivity index (χ2v) is 16.7. The molecule has 0 saturated heterocycles. The van der Waals surface area contributed by atoms with Gasteiger partial charge < -0.3 is 24.9 Å². The largest absolute Gasteiger partial charge is 2.00 e. The Labute approximate surface area is 394 Å². The van der Waals surface area contributed by atoms with E-state index < -0.39 is 40.2 Å². The molecule has 0 spiro atoms. The molecule has 0 saturated carbocycles. The maximum absolute atomic E-state index is 16.7. The SMILES string of the molecule is Fc1c(F)c(F)c(-c2c3nc(nc4[n-]c(nc5nc(nc6[n-]c2c2cc7ccccc7cc62)-c2cc6ccccc6cc2-5)c2cc5ccccc5cc42)-c2cc4ccccc4cc2-3)c(F)c1F.[Pt+2]. The number of hydrogen-bond acceptors (Lipinski definition) is 5. The number of fused-ring (bicyclic) bond motifs is 24. The summed E-state index contributed by atoms with van der Waals surface area (Å²) in [5, 5.41) is 8.77. The molecule has 3 aromatic heterocycles. The van der Waals surface area contributed by atoms with Gasteiger partial charge in [0.15, 0.2) is 23.3 Å². The molecule has 2 aliphatic rings. The van der Waals surface area contributed by atoms with Crippen molar-refractivity contribution in [3.8, 4) is 56.5 Å². The third-order valence-electron chi connectivity index (χ3n) is 12.9.